The van der Waals surface area contributed by atoms with Crippen LogP contribution in [0, 0.1) is 5.92 Å². The van der Waals surface area contributed by atoms with Crippen molar-refractivity contribution >= 4 is 17.5 Å². The zero-order valence-electron chi connectivity index (χ0n) is 13.4. The van der Waals surface area contributed by atoms with Crippen molar-refractivity contribution in [1.29, 1.82) is 0 Å². The topological polar surface area (TPSA) is 38.3 Å². The lowest BCUT2D eigenvalue weighted by Gasteiger charge is -2.38. The van der Waals surface area contributed by atoms with Crippen LogP contribution in [0.4, 0.5) is 0 Å². The van der Waals surface area contributed by atoms with Crippen LogP contribution in [-0.2, 0) is 14.9 Å². The molecular formula is C19H24ClNO2. The minimum absolute atomic E-state index is 0.0387. The van der Waals surface area contributed by atoms with Gasteiger partial charge < -0.3 is 10.1 Å². The summed E-state index contributed by atoms with van der Waals surface area (Å²) >= 11 is 6.02. The van der Waals surface area contributed by atoms with Gasteiger partial charge in [0, 0.05) is 36.1 Å². The van der Waals surface area contributed by atoms with Gasteiger partial charge in [0.1, 0.15) is 0 Å². The molecule has 3 rings (SSSR count). The van der Waals surface area contributed by atoms with E-state index in [-0.39, 0.29) is 17.2 Å². The first kappa shape index (κ1) is 16.5. The molecule has 1 N–H and O–H groups in total. The van der Waals surface area contributed by atoms with Gasteiger partial charge in [0.25, 0.3) is 0 Å². The van der Waals surface area contributed by atoms with E-state index in [9.17, 15) is 4.79 Å². The molecule has 1 fully saturated rings. The van der Waals surface area contributed by atoms with Crippen LogP contribution in [0.15, 0.2) is 36.4 Å². The van der Waals surface area contributed by atoms with E-state index < -0.39 is 0 Å². The average Bonchev–Trinajstić information content (AvgIpc) is 2.62. The van der Waals surface area contributed by atoms with Crippen LogP contribution in [0.2, 0.25) is 5.02 Å². The number of nitrogens with one attached hydrogen (secondary N) is 1. The number of hydrogen-bond donors (Lipinski definition) is 1. The highest BCUT2D eigenvalue weighted by Gasteiger charge is 2.35. The van der Waals surface area contributed by atoms with Crippen LogP contribution in [0.3, 0.4) is 0 Å². The molecule has 0 aromatic heterocycles. The molecule has 3 nitrogen and oxygen atoms in total. The molecule has 23 heavy (non-hydrogen) atoms. The van der Waals surface area contributed by atoms with Crippen LogP contribution < -0.4 is 5.32 Å². The number of hydrogen-bond acceptors (Lipinski definition) is 2. The van der Waals surface area contributed by atoms with E-state index in [1.807, 2.05) is 12.1 Å². The predicted octanol–water partition coefficient (Wildman–Crippen LogP) is 3.86. The number of ether oxygens (including phenoxy) is 1. The van der Waals surface area contributed by atoms with Crippen LogP contribution in [-0.4, -0.2) is 25.7 Å². The Morgan fingerprint density at radius 3 is 2.61 bits per heavy atom. The van der Waals surface area contributed by atoms with Gasteiger partial charge in [0.15, 0.2) is 0 Å². The Bertz CT molecular complexity index is 561. The van der Waals surface area contributed by atoms with Gasteiger partial charge in [-0.05, 0) is 49.8 Å². The summed E-state index contributed by atoms with van der Waals surface area (Å²) in [5.41, 5.74) is 1.21. The molecule has 1 saturated heterocycles. The molecule has 1 amide bonds. The van der Waals surface area contributed by atoms with Gasteiger partial charge in [-0.25, -0.2) is 0 Å². The molecule has 1 aliphatic heterocycles. The summed E-state index contributed by atoms with van der Waals surface area (Å²) in [5, 5.41) is 3.96. The molecule has 1 aromatic rings. The summed E-state index contributed by atoms with van der Waals surface area (Å²) in [4.78, 5) is 12.5. The maximum Gasteiger partial charge on any atom is 0.223 e. The largest absolute Gasteiger partial charge is 0.381 e. The van der Waals surface area contributed by atoms with Crippen LogP contribution in [0.1, 0.15) is 37.7 Å². The van der Waals surface area contributed by atoms with E-state index in [1.54, 1.807) is 0 Å². The SMILES string of the molecule is O=C(NCC1(c2ccc(Cl)cc2)CCOCC1)[C@@H]1CC=CCC1. The quantitative estimate of drug-likeness (QED) is 0.850. The van der Waals surface area contributed by atoms with Crippen molar-refractivity contribution in [3.05, 3.63) is 47.0 Å². The smallest absolute Gasteiger partial charge is 0.223 e. The number of halogens is 1. The molecule has 0 radical (unpaired) electrons. The molecule has 1 aromatic carbocycles. The van der Waals surface area contributed by atoms with Crippen LogP contribution in [0.5, 0.6) is 0 Å². The summed E-state index contributed by atoms with van der Waals surface area (Å²) < 4.78 is 5.55. The van der Waals surface area contributed by atoms with E-state index in [1.165, 1.54) is 5.56 Å². The van der Waals surface area contributed by atoms with E-state index in [0.717, 1.165) is 50.3 Å². The standard InChI is InChI=1S/C19H24ClNO2/c20-17-8-6-16(7-9-17)19(10-12-23-13-11-19)14-21-18(22)15-4-2-1-3-5-15/h1-2,6-9,15H,3-5,10-14H2,(H,21,22)/t15-/m1/s1. The highest BCUT2D eigenvalue weighted by Crippen LogP contribution is 2.35. The third-order valence-corrected chi connectivity index (χ3v) is 5.40. The zero-order valence-corrected chi connectivity index (χ0v) is 14.1. The molecule has 0 spiro atoms. The van der Waals surface area contributed by atoms with Crippen molar-refractivity contribution in [2.45, 2.75) is 37.5 Å². The van der Waals surface area contributed by atoms with Crippen molar-refractivity contribution in [3.8, 4) is 0 Å². The minimum Gasteiger partial charge on any atom is -0.381 e. The lowest BCUT2D eigenvalue weighted by atomic mass is 9.74. The molecule has 1 heterocycles. The van der Waals surface area contributed by atoms with Gasteiger partial charge in [-0.1, -0.05) is 35.9 Å². The van der Waals surface area contributed by atoms with Crippen molar-refractivity contribution < 1.29 is 9.53 Å². The molecule has 0 unspecified atom stereocenters. The van der Waals surface area contributed by atoms with Crippen LogP contribution >= 0.6 is 11.6 Å². The summed E-state index contributed by atoms with van der Waals surface area (Å²) in [6.45, 7) is 2.16. The molecule has 0 bridgehead atoms. The Morgan fingerprint density at radius 2 is 1.96 bits per heavy atom. The Labute approximate surface area is 143 Å². The number of carbonyl (C=O) groups is 1. The second kappa shape index (κ2) is 7.50. The van der Waals surface area contributed by atoms with Gasteiger partial charge in [-0.2, -0.15) is 0 Å². The summed E-state index contributed by atoms with van der Waals surface area (Å²) in [5.74, 6) is 0.316. The van der Waals surface area contributed by atoms with E-state index >= 15 is 0 Å². The van der Waals surface area contributed by atoms with Gasteiger partial charge in [-0.15, -0.1) is 0 Å². The molecule has 1 atom stereocenters. The van der Waals surface area contributed by atoms with Crippen molar-refractivity contribution in [3.63, 3.8) is 0 Å². The molecule has 1 aliphatic carbocycles. The summed E-state index contributed by atoms with van der Waals surface area (Å²) in [6.07, 6.45) is 8.98. The van der Waals surface area contributed by atoms with E-state index in [2.05, 4.69) is 29.6 Å². The summed E-state index contributed by atoms with van der Waals surface area (Å²) in [7, 11) is 0. The maximum atomic E-state index is 12.5. The highest BCUT2D eigenvalue weighted by atomic mass is 35.5. The summed E-state index contributed by atoms with van der Waals surface area (Å²) in [6, 6.07) is 8.04. The van der Waals surface area contributed by atoms with Gasteiger partial charge in [0.2, 0.25) is 5.91 Å². The van der Waals surface area contributed by atoms with E-state index in [0.29, 0.717) is 6.54 Å². The average molecular weight is 334 g/mol. The first-order valence-electron chi connectivity index (χ1n) is 8.46. The molecule has 0 saturated carbocycles. The van der Waals surface area contributed by atoms with E-state index in [4.69, 9.17) is 16.3 Å². The lowest BCUT2D eigenvalue weighted by molar-refractivity contribution is -0.125. The Balaban J connectivity index is 1.70. The van der Waals surface area contributed by atoms with Crippen molar-refractivity contribution in [1.82, 2.24) is 5.32 Å². The number of rotatable bonds is 4. The van der Waals surface area contributed by atoms with Crippen LogP contribution in [0.25, 0.3) is 0 Å². The Hall–Kier alpha value is -1.32. The van der Waals surface area contributed by atoms with Gasteiger partial charge in [-0.3, -0.25) is 4.79 Å². The Kier molecular flexibility index (Phi) is 5.39. The van der Waals surface area contributed by atoms with Crippen molar-refractivity contribution in [2.24, 2.45) is 5.92 Å². The molecule has 2 aliphatic rings. The third-order valence-electron chi connectivity index (χ3n) is 5.15. The zero-order chi connectivity index (χ0) is 16.1. The molecule has 124 valence electrons. The third kappa shape index (κ3) is 3.96. The monoisotopic (exact) mass is 333 g/mol. The fourth-order valence-electron chi connectivity index (χ4n) is 3.57. The second-order valence-electron chi connectivity index (χ2n) is 6.60. The fraction of sp³-hybridized carbons (Fsp3) is 0.526. The normalized spacial score (nSPS) is 23.4. The lowest BCUT2D eigenvalue weighted by Crippen LogP contribution is -2.46. The number of amides is 1. The van der Waals surface area contributed by atoms with Gasteiger partial charge >= 0.3 is 0 Å². The second-order valence-corrected chi connectivity index (χ2v) is 7.04. The number of allylic oxidation sites excluding steroid dienone is 2. The Morgan fingerprint density at radius 1 is 1.22 bits per heavy atom. The minimum atomic E-state index is -0.0387. The molecular weight excluding hydrogens is 310 g/mol. The molecule has 4 heteroatoms. The predicted molar refractivity (Wildman–Crippen MR) is 92.7 cm³/mol. The maximum absolute atomic E-state index is 12.5. The fourth-order valence-corrected chi connectivity index (χ4v) is 3.69. The first-order valence-corrected chi connectivity index (χ1v) is 8.84. The number of carbonyl (C=O) groups excluding carboxylic acids is 1. The highest BCUT2D eigenvalue weighted by molar-refractivity contribution is 6.30. The first-order chi connectivity index (χ1) is 11.2. The van der Waals surface area contributed by atoms with Gasteiger partial charge in [0.05, 0.1) is 0 Å². The number of benzene rings is 1. The van der Waals surface area contributed by atoms with Crippen molar-refractivity contribution in [2.75, 3.05) is 19.8 Å².